The van der Waals surface area contributed by atoms with Crippen molar-refractivity contribution in [2.24, 2.45) is 0 Å². The Morgan fingerprint density at radius 3 is 2.65 bits per heavy atom. The lowest BCUT2D eigenvalue weighted by atomic mass is 10.2. The third-order valence-corrected chi connectivity index (χ3v) is 3.40. The number of aromatic nitrogens is 3. The molecule has 0 radical (unpaired) electrons. The van der Waals surface area contributed by atoms with E-state index in [-0.39, 0.29) is 31.4 Å². The fraction of sp³-hybridized carbons (Fsp3) is 0.727. The SMILES string of the molecule is O=C(CCCCCl)N1CCn2c(nnc2C(F)(F)F)C1. The molecule has 0 aromatic carbocycles. The van der Waals surface area contributed by atoms with Crippen molar-refractivity contribution in [1.82, 2.24) is 19.7 Å². The highest BCUT2D eigenvalue weighted by atomic mass is 35.5. The summed E-state index contributed by atoms with van der Waals surface area (Å²) in [7, 11) is 0. The van der Waals surface area contributed by atoms with Crippen LogP contribution >= 0.6 is 11.6 Å². The zero-order valence-corrected chi connectivity index (χ0v) is 11.4. The summed E-state index contributed by atoms with van der Waals surface area (Å²) in [6.07, 6.45) is -2.74. The lowest BCUT2D eigenvalue weighted by molar-refractivity contribution is -0.148. The number of amides is 1. The average Bonchev–Trinajstić information content (AvgIpc) is 2.81. The molecule has 1 aliphatic rings. The van der Waals surface area contributed by atoms with Crippen molar-refractivity contribution in [1.29, 1.82) is 0 Å². The van der Waals surface area contributed by atoms with Crippen LogP contribution in [-0.4, -0.2) is 38.0 Å². The topological polar surface area (TPSA) is 51.0 Å². The fourth-order valence-corrected chi connectivity index (χ4v) is 2.30. The number of halogens is 4. The Morgan fingerprint density at radius 1 is 1.25 bits per heavy atom. The predicted octanol–water partition coefficient (Wildman–Crippen LogP) is 2.05. The van der Waals surface area contributed by atoms with E-state index in [9.17, 15) is 18.0 Å². The lowest BCUT2D eigenvalue weighted by Crippen LogP contribution is -2.39. The lowest BCUT2D eigenvalue weighted by Gasteiger charge is -2.28. The van der Waals surface area contributed by atoms with Gasteiger partial charge in [0.15, 0.2) is 5.82 Å². The van der Waals surface area contributed by atoms with Gasteiger partial charge < -0.3 is 9.47 Å². The van der Waals surface area contributed by atoms with Crippen LogP contribution in [0, 0.1) is 0 Å². The van der Waals surface area contributed by atoms with Gasteiger partial charge in [0.05, 0.1) is 6.54 Å². The quantitative estimate of drug-likeness (QED) is 0.632. The zero-order chi connectivity index (χ0) is 14.8. The summed E-state index contributed by atoms with van der Waals surface area (Å²) >= 11 is 5.53. The molecule has 0 spiro atoms. The molecule has 5 nitrogen and oxygen atoms in total. The first-order valence-electron chi connectivity index (χ1n) is 6.26. The van der Waals surface area contributed by atoms with Gasteiger partial charge in [-0.05, 0) is 12.8 Å². The van der Waals surface area contributed by atoms with Crippen molar-refractivity contribution in [3.8, 4) is 0 Å². The molecule has 1 aromatic heterocycles. The first-order valence-corrected chi connectivity index (χ1v) is 6.80. The molecular formula is C11H14ClF3N4O. The van der Waals surface area contributed by atoms with Gasteiger partial charge in [-0.1, -0.05) is 0 Å². The summed E-state index contributed by atoms with van der Waals surface area (Å²) in [6.45, 7) is 0.384. The highest BCUT2D eigenvalue weighted by molar-refractivity contribution is 6.17. The van der Waals surface area contributed by atoms with Crippen LogP contribution < -0.4 is 0 Å². The number of carbonyl (C=O) groups excluding carboxylic acids is 1. The van der Waals surface area contributed by atoms with E-state index in [1.807, 2.05) is 0 Å². The summed E-state index contributed by atoms with van der Waals surface area (Å²) in [5, 5.41) is 6.70. The Labute approximate surface area is 118 Å². The number of fused-ring (bicyclic) bond motifs is 1. The number of hydrogen-bond acceptors (Lipinski definition) is 3. The molecule has 2 heterocycles. The van der Waals surface area contributed by atoms with Crippen molar-refractivity contribution < 1.29 is 18.0 Å². The molecule has 112 valence electrons. The number of alkyl halides is 4. The van der Waals surface area contributed by atoms with E-state index in [0.717, 1.165) is 11.0 Å². The summed E-state index contributed by atoms with van der Waals surface area (Å²) in [6, 6.07) is 0. The van der Waals surface area contributed by atoms with Crippen LogP contribution in [0.2, 0.25) is 0 Å². The summed E-state index contributed by atoms with van der Waals surface area (Å²) in [5.41, 5.74) is 0. The molecule has 1 aromatic rings. The van der Waals surface area contributed by atoms with Gasteiger partial charge in [0, 0.05) is 25.4 Å². The maximum Gasteiger partial charge on any atom is 0.451 e. The Morgan fingerprint density at radius 2 is 2.00 bits per heavy atom. The smallest absolute Gasteiger partial charge is 0.333 e. The van der Waals surface area contributed by atoms with Gasteiger partial charge in [0.25, 0.3) is 0 Å². The Bertz CT molecular complexity index is 489. The molecule has 20 heavy (non-hydrogen) atoms. The van der Waals surface area contributed by atoms with Gasteiger partial charge in [0.2, 0.25) is 11.7 Å². The summed E-state index contributed by atoms with van der Waals surface area (Å²) in [5.74, 6) is -0.412. The van der Waals surface area contributed by atoms with E-state index >= 15 is 0 Å². The van der Waals surface area contributed by atoms with Crippen LogP contribution in [0.15, 0.2) is 0 Å². The minimum Gasteiger partial charge on any atom is -0.333 e. The molecule has 0 saturated carbocycles. The van der Waals surface area contributed by atoms with Gasteiger partial charge in [-0.3, -0.25) is 4.79 Å². The number of rotatable bonds is 4. The number of unbranched alkanes of at least 4 members (excludes halogenated alkanes) is 1. The highest BCUT2D eigenvalue weighted by Crippen LogP contribution is 2.29. The summed E-state index contributed by atoms with van der Waals surface area (Å²) in [4.78, 5) is 13.4. The van der Waals surface area contributed by atoms with E-state index < -0.39 is 12.0 Å². The van der Waals surface area contributed by atoms with Gasteiger partial charge in [-0.25, -0.2) is 0 Å². The first kappa shape index (κ1) is 15.1. The maximum atomic E-state index is 12.7. The second kappa shape index (κ2) is 5.99. The molecule has 0 fully saturated rings. The first-order chi connectivity index (χ1) is 9.43. The molecule has 0 saturated heterocycles. The van der Waals surface area contributed by atoms with E-state index in [1.54, 1.807) is 0 Å². The minimum absolute atomic E-state index is 0.0679. The van der Waals surface area contributed by atoms with Crippen molar-refractivity contribution >= 4 is 17.5 Å². The van der Waals surface area contributed by atoms with Crippen molar-refractivity contribution in [2.75, 3.05) is 12.4 Å². The van der Waals surface area contributed by atoms with Crippen molar-refractivity contribution in [2.45, 2.75) is 38.5 Å². The molecule has 2 rings (SSSR count). The molecule has 0 atom stereocenters. The number of hydrogen-bond donors (Lipinski definition) is 0. The molecule has 1 amide bonds. The Kier molecular flexibility index (Phi) is 4.52. The molecule has 1 aliphatic heterocycles. The largest absolute Gasteiger partial charge is 0.451 e. The normalized spacial score (nSPS) is 15.3. The fourth-order valence-electron chi connectivity index (χ4n) is 2.11. The molecule has 0 bridgehead atoms. The predicted molar refractivity (Wildman–Crippen MR) is 65.0 cm³/mol. The van der Waals surface area contributed by atoms with Crippen LogP contribution in [0.1, 0.15) is 30.9 Å². The van der Waals surface area contributed by atoms with Crippen molar-refractivity contribution in [3.05, 3.63) is 11.6 Å². The number of carbonyl (C=O) groups is 1. The van der Waals surface area contributed by atoms with E-state index in [0.29, 0.717) is 18.7 Å². The Balaban J connectivity index is 2.02. The summed E-state index contributed by atoms with van der Waals surface area (Å²) < 4.78 is 39.0. The monoisotopic (exact) mass is 310 g/mol. The highest BCUT2D eigenvalue weighted by Gasteiger charge is 2.39. The second-order valence-corrected chi connectivity index (χ2v) is 4.93. The van der Waals surface area contributed by atoms with Gasteiger partial charge >= 0.3 is 6.18 Å². The third kappa shape index (κ3) is 3.23. The van der Waals surface area contributed by atoms with Gasteiger partial charge in [-0.15, -0.1) is 21.8 Å². The molecule has 0 unspecified atom stereocenters. The third-order valence-electron chi connectivity index (χ3n) is 3.13. The van der Waals surface area contributed by atoms with Crippen LogP contribution in [-0.2, 0) is 24.1 Å². The van der Waals surface area contributed by atoms with Crippen molar-refractivity contribution in [3.63, 3.8) is 0 Å². The van der Waals surface area contributed by atoms with Gasteiger partial charge in [-0.2, -0.15) is 13.2 Å². The Hall–Kier alpha value is -1.31. The molecule has 0 N–H and O–H groups in total. The minimum atomic E-state index is -4.52. The van der Waals surface area contributed by atoms with Crippen LogP contribution in [0.4, 0.5) is 13.2 Å². The molecular weight excluding hydrogens is 297 g/mol. The van der Waals surface area contributed by atoms with Crippen LogP contribution in [0.5, 0.6) is 0 Å². The van der Waals surface area contributed by atoms with E-state index in [1.165, 1.54) is 4.90 Å². The average molecular weight is 311 g/mol. The van der Waals surface area contributed by atoms with Gasteiger partial charge in [0.1, 0.15) is 0 Å². The zero-order valence-electron chi connectivity index (χ0n) is 10.7. The molecule has 0 aliphatic carbocycles. The van der Waals surface area contributed by atoms with Crippen LogP contribution in [0.25, 0.3) is 0 Å². The van der Waals surface area contributed by atoms with Crippen LogP contribution in [0.3, 0.4) is 0 Å². The standard InChI is InChI=1S/C11H14ClF3N4O/c12-4-2-1-3-9(20)18-5-6-19-8(7-18)16-17-10(19)11(13,14)15/h1-7H2. The van der Waals surface area contributed by atoms with E-state index in [4.69, 9.17) is 11.6 Å². The van der Waals surface area contributed by atoms with E-state index in [2.05, 4.69) is 10.2 Å². The molecule has 9 heteroatoms. The number of nitrogens with zero attached hydrogens (tertiary/aromatic N) is 4. The maximum absolute atomic E-state index is 12.7. The second-order valence-electron chi connectivity index (χ2n) is 4.55.